The summed E-state index contributed by atoms with van der Waals surface area (Å²) in [6.07, 6.45) is 3.92. The van der Waals surface area contributed by atoms with Crippen LogP contribution in [0, 0.1) is 5.92 Å². The Morgan fingerprint density at radius 3 is 2.86 bits per heavy atom. The average Bonchev–Trinajstić information content (AvgIpc) is 2.88. The first kappa shape index (κ1) is 19.6. The minimum Gasteiger partial charge on any atom is -0.352 e. The number of fused-ring (bicyclic) bond motifs is 1. The van der Waals surface area contributed by atoms with Crippen LogP contribution in [0.4, 0.5) is 0 Å². The van der Waals surface area contributed by atoms with Crippen LogP contribution in [0.3, 0.4) is 0 Å². The topological polar surface area (TPSA) is 108 Å². The fraction of sp³-hybridized carbons (Fsp3) is 0.524. The molecule has 2 unspecified atom stereocenters. The number of carbonyl (C=O) groups excluding carboxylic acids is 4. The Kier molecular flexibility index (Phi) is 5.62. The number of carbonyl (C=O) groups is 4. The van der Waals surface area contributed by atoms with Crippen molar-refractivity contribution in [2.24, 2.45) is 5.92 Å². The van der Waals surface area contributed by atoms with Gasteiger partial charge in [-0.2, -0.15) is 0 Å². The monoisotopic (exact) mass is 398 g/mol. The van der Waals surface area contributed by atoms with Gasteiger partial charge in [-0.15, -0.1) is 0 Å². The minimum absolute atomic E-state index is 0.191. The van der Waals surface area contributed by atoms with E-state index in [2.05, 4.69) is 16.0 Å². The second kappa shape index (κ2) is 8.32. The molecular weight excluding hydrogens is 372 g/mol. The predicted molar refractivity (Wildman–Crippen MR) is 105 cm³/mol. The summed E-state index contributed by atoms with van der Waals surface area (Å²) in [5, 5.41) is 8.71. The predicted octanol–water partition coefficient (Wildman–Crippen LogP) is 0.567. The third-order valence-electron chi connectivity index (χ3n) is 6.03. The van der Waals surface area contributed by atoms with E-state index in [-0.39, 0.29) is 30.7 Å². The van der Waals surface area contributed by atoms with E-state index in [1.807, 2.05) is 0 Å². The zero-order valence-corrected chi connectivity index (χ0v) is 16.3. The summed E-state index contributed by atoms with van der Waals surface area (Å²) in [6.45, 7) is 2.72. The van der Waals surface area contributed by atoms with Crippen LogP contribution in [0.2, 0.25) is 0 Å². The molecule has 154 valence electrons. The molecule has 2 saturated heterocycles. The molecule has 8 nitrogen and oxygen atoms in total. The summed E-state index contributed by atoms with van der Waals surface area (Å²) in [5.41, 5.74) is 1.59. The molecule has 3 aliphatic rings. The van der Waals surface area contributed by atoms with E-state index in [4.69, 9.17) is 0 Å². The molecule has 4 amide bonds. The Hall–Kier alpha value is -2.74. The molecule has 29 heavy (non-hydrogen) atoms. The Labute approximate surface area is 169 Å². The lowest BCUT2D eigenvalue weighted by Crippen LogP contribution is -2.52. The van der Waals surface area contributed by atoms with Crippen LogP contribution in [0.25, 0.3) is 0 Å². The van der Waals surface area contributed by atoms with E-state index >= 15 is 0 Å². The highest BCUT2D eigenvalue weighted by atomic mass is 16.2. The lowest BCUT2D eigenvalue weighted by atomic mass is 10.0. The number of hydrogen-bond acceptors (Lipinski definition) is 5. The van der Waals surface area contributed by atoms with Crippen LogP contribution in [0.5, 0.6) is 0 Å². The molecule has 1 aromatic carbocycles. The molecule has 3 N–H and O–H groups in total. The Balaban J connectivity index is 1.47. The van der Waals surface area contributed by atoms with Gasteiger partial charge in [0.1, 0.15) is 6.04 Å². The molecule has 3 aliphatic heterocycles. The second-order valence-corrected chi connectivity index (χ2v) is 8.01. The lowest BCUT2D eigenvalue weighted by molar-refractivity contribution is -0.136. The van der Waals surface area contributed by atoms with Gasteiger partial charge in [0.05, 0.1) is 0 Å². The summed E-state index contributed by atoms with van der Waals surface area (Å²) in [7, 11) is 0. The van der Waals surface area contributed by atoms with Crippen LogP contribution in [0.1, 0.15) is 58.4 Å². The molecule has 0 aliphatic carbocycles. The van der Waals surface area contributed by atoms with Crippen molar-refractivity contribution < 1.29 is 19.2 Å². The lowest BCUT2D eigenvalue weighted by Gasteiger charge is -2.29. The summed E-state index contributed by atoms with van der Waals surface area (Å²) >= 11 is 0. The Bertz CT molecular complexity index is 845. The van der Waals surface area contributed by atoms with E-state index in [9.17, 15) is 19.2 Å². The highest BCUT2D eigenvalue weighted by Gasteiger charge is 2.40. The zero-order chi connectivity index (χ0) is 20.4. The highest BCUT2D eigenvalue weighted by Crippen LogP contribution is 2.29. The maximum absolute atomic E-state index is 12.9. The third-order valence-corrected chi connectivity index (χ3v) is 6.03. The van der Waals surface area contributed by atoms with Gasteiger partial charge in [0.25, 0.3) is 11.8 Å². The second-order valence-electron chi connectivity index (χ2n) is 8.01. The molecule has 2 atom stereocenters. The van der Waals surface area contributed by atoms with Gasteiger partial charge in [-0.3, -0.25) is 24.5 Å². The van der Waals surface area contributed by atoms with Gasteiger partial charge in [0.2, 0.25) is 11.8 Å². The standard InChI is InChI=1S/C21H26N4O4/c26-18-8-7-17(20(28)24-18)25-12-16-14(5-3-6-15(16)21(25)29)19(27)23-11-13-4-1-2-9-22-10-13/h3,5-6,13,17,22H,1-2,4,7-12H2,(H,23,27)(H,24,26,28). The number of nitrogens with one attached hydrogen (secondary N) is 3. The van der Waals surface area contributed by atoms with Crippen LogP contribution >= 0.6 is 0 Å². The largest absolute Gasteiger partial charge is 0.352 e. The van der Waals surface area contributed by atoms with E-state index in [1.54, 1.807) is 18.2 Å². The molecule has 0 spiro atoms. The van der Waals surface area contributed by atoms with Crippen molar-refractivity contribution in [3.05, 3.63) is 34.9 Å². The molecular formula is C21H26N4O4. The molecule has 0 saturated carbocycles. The number of rotatable bonds is 4. The first-order valence-electron chi connectivity index (χ1n) is 10.3. The van der Waals surface area contributed by atoms with Crippen LogP contribution < -0.4 is 16.0 Å². The molecule has 2 fully saturated rings. The molecule has 8 heteroatoms. The summed E-state index contributed by atoms with van der Waals surface area (Å²) in [4.78, 5) is 50.8. The molecule has 4 rings (SSSR count). The summed E-state index contributed by atoms with van der Waals surface area (Å²) in [6, 6.07) is 4.43. The molecule has 1 aromatic rings. The van der Waals surface area contributed by atoms with Gasteiger partial charge in [-0.05, 0) is 56.0 Å². The zero-order valence-electron chi connectivity index (χ0n) is 16.3. The molecule has 0 radical (unpaired) electrons. The van der Waals surface area contributed by atoms with Crippen molar-refractivity contribution in [2.45, 2.75) is 44.7 Å². The van der Waals surface area contributed by atoms with E-state index in [0.29, 0.717) is 35.6 Å². The van der Waals surface area contributed by atoms with Crippen molar-refractivity contribution in [2.75, 3.05) is 19.6 Å². The van der Waals surface area contributed by atoms with Gasteiger partial charge in [0, 0.05) is 30.6 Å². The minimum atomic E-state index is -0.680. The van der Waals surface area contributed by atoms with E-state index < -0.39 is 11.9 Å². The van der Waals surface area contributed by atoms with Crippen LogP contribution in [-0.4, -0.2) is 54.2 Å². The molecule has 0 bridgehead atoms. The SMILES string of the molecule is O=C1CCC(N2Cc3c(C(=O)NCC4CCCCNC4)cccc3C2=O)C(=O)N1. The van der Waals surface area contributed by atoms with Crippen molar-refractivity contribution >= 4 is 23.6 Å². The molecule has 3 heterocycles. The Morgan fingerprint density at radius 2 is 2.03 bits per heavy atom. The van der Waals surface area contributed by atoms with Crippen LogP contribution in [0.15, 0.2) is 18.2 Å². The van der Waals surface area contributed by atoms with Crippen LogP contribution in [-0.2, 0) is 16.1 Å². The van der Waals surface area contributed by atoms with Crippen molar-refractivity contribution in [1.82, 2.24) is 20.9 Å². The number of imide groups is 1. The van der Waals surface area contributed by atoms with E-state index in [1.165, 1.54) is 4.90 Å². The average molecular weight is 398 g/mol. The van der Waals surface area contributed by atoms with Gasteiger partial charge in [-0.1, -0.05) is 12.5 Å². The fourth-order valence-electron chi connectivity index (χ4n) is 4.40. The van der Waals surface area contributed by atoms with Gasteiger partial charge in [-0.25, -0.2) is 0 Å². The van der Waals surface area contributed by atoms with Gasteiger partial charge < -0.3 is 15.5 Å². The number of benzene rings is 1. The maximum Gasteiger partial charge on any atom is 0.255 e. The maximum atomic E-state index is 12.9. The number of nitrogens with zero attached hydrogens (tertiary/aromatic N) is 1. The van der Waals surface area contributed by atoms with Crippen molar-refractivity contribution in [3.63, 3.8) is 0 Å². The number of amides is 4. The van der Waals surface area contributed by atoms with Crippen molar-refractivity contribution in [3.8, 4) is 0 Å². The molecule has 0 aromatic heterocycles. The smallest absolute Gasteiger partial charge is 0.255 e. The van der Waals surface area contributed by atoms with E-state index in [0.717, 1.165) is 32.4 Å². The first-order valence-corrected chi connectivity index (χ1v) is 10.3. The quantitative estimate of drug-likeness (QED) is 0.643. The van der Waals surface area contributed by atoms with Gasteiger partial charge in [0.15, 0.2) is 0 Å². The fourth-order valence-corrected chi connectivity index (χ4v) is 4.40. The highest BCUT2D eigenvalue weighted by molar-refractivity contribution is 6.07. The number of hydrogen-bond donors (Lipinski definition) is 3. The first-order chi connectivity index (χ1) is 14.0. The Morgan fingerprint density at radius 1 is 1.17 bits per heavy atom. The normalized spacial score (nSPS) is 24.7. The van der Waals surface area contributed by atoms with Crippen molar-refractivity contribution in [1.29, 1.82) is 0 Å². The van der Waals surface area contributed by atoms with Gasteiger partial charge >= 0.3 is 0 Å². The summed E-state index contributed by atoms with van der Waals surface area (Å²) in [5.74, 6) is -0.821. The number of piperidine rings is 1. The summed E-state index contributed by atoms with van der Waals surface area (Å²) < 4.78 is 0. The third kappa shape index (κ3) is 4.03.